The Balaban J connectivity index is 1.78. The van der Waals surface area contributed by atoms with Gasteiger partial charge in [0.25, 0.3) is 0 Å². The molecule has 1 aliphatic carbocycles. The van der Waals surface area contributed by atoms with Gasteiger partial charge in [0.1, 0.15) is 0 Å². The van der Waals surface area contributed by atoms with Gasteiger partial charge in [-0.1, -0.05) is 26.7 Å². The Morgan fingerprint density at radius 2 is 2.06 bits per heavy atom. The van der Waals surface area contributed by atoms with Crippen molar-refractivity contribution in [1.29, 1.82) is 0 Å². The third-order valence-corrected chi connectivity index (χ3v) is 4.23. The molecule has 2 fully saturated rings. The first-order valence-electron chi connectivity index (χ1n) is 7.17. The van der Waals surface area contributed by atoms with Crippen LogP contribution in [0.3, 0.4) is 0 Å². The van der Waals surface area contributed by atoms with Crippen molar-refractivity contribution in [1.82, 2.24) is 10.2 Å². The highest BCUT2D eigenvalue weighted by molar-refractivity contribution is 4.77. The molecule has 1 saturated carbocycles. The van der Waals surface area contributed by atoms with E-state index in [2.05, 4.69) is 24.1 Å². The summed E-state index contributed by atoms with van der Waals surface area (Å²) < 4.78 is 0. The summed E-state index contributed by atoms with van der Waals surface area (Å²) in [6.45, 7) is 11.1. The molecule has 2 nitrogen and oxygen atoms in total. The van der Waals surface area contributed by atoms with Gasteiger partial charge in [-0.05, 0) is 37.1 Å². The second kappa shape index (κ2) is 6.02. The Morgan fingerprint density at radius 3 is 2.88 bits per heavy atom. The predicted molar refractivity (Wildman–Crippen MR) is 69.6 cm³/mol. The molecule has 16 heavy (non-hydrogen) atoms. The highest BCUT2D eigenvalue weighted by Crippen LogP contribution is 2.29. The van der Waals surface area contributed by atoms with Gasteiger partial charge in [0.2, 0.25) is 0 Å². The minimum Gasteiger partial charge on any atom is -0.315 e. The SMILES string of the molecule is CC1CCCC(CN2CCNCC(C)C2)C1. The van der Waals surface area contributed by atoms with Crippen LogP contribution in [0, 0.1) is 17.8 Å². The third-order valence-electron chi connectivity index (χ3n) is 4.23. The molecule has 1 N–H and O–H groups in total. The molecule has 1 heterocycles. The molecule has 0 aromatic rings. The van der Waals surface area contributed by atoms with E-state index < -0.39 is 0 Å². The lowest BCUT2D eigenvalue weighted by Crippen LogP contribution is -2.35. The van der Waals surface area contributed by atoms with Gasteiger partial charge in [-0.25, -0.2) is 0 Å². The number of hydrogen-bond donors (Lipinski definition) is 1. The molecule has 3 atom stereocenters. The monoisotopic (exact) mass is 224 g/mol. The zero-order valence-corrected chi connectivity index (χ0v) is 11.0. The Morgan fingerprint density at radius 1 is 1.19 bits per heavy atom. The zero-order valence-electron chi connectivity index (χ0n) is 11.0. The van der Waals surface area contributed by atoms with Gasteiger partial charge in [0.05, 0.1) is 0 Å². The molecule has 1 aliphatic heterocycles. The summed E-state index contributed by atoms with van der Waals surface area (Å²) in [4.78, 5) is 2.70. The lowest BCUT2D eigenvalue weighted by molar-refractivity contribution is 0.176. The Labute approximate surface area is 101 Å². The fourth-order valence-corrected chi connectivity index (χ4v) is 3.44. The van der Waals surface area contributed by atoms with Gasteiger partial charge in [0.15, 0.2) is 0 Å². The van der Waals surface area contributed by atoms with E-state index in [1.807, 2.05) is 0 Å². The highest BCUT2D eigenvalue weighted by Gasteiger charge is 2.22. The normalized spacial score (nSPS) is 38.2. The van der Waals surface area contributed by atoms with E-state index in [0.717, 1.165) is 17.8 Å². The molecule has 0 amide bonds. The first-order valence-corrected chi connectivity index (χ1v) is 7.17. The van der Waals surface area contributed by atoms with Crippen molar-refractivity contribution in [3.8, 4) is 0 Å². The van der Waals surface area contributed by atoms with Crippen LogP contribution in [0.4, 0.5) is 0 Å². The van der Waals surface area contributed by atoms with E-state index in [4.69, 9.17) is 0 Å². The van der Waals surface area contributed by atoms with Gasteiger partial charge in [0, 0.05) is 26.2 Å². The number of nitrogens with one attached hydrogen (secondary N) is 1. The molecule has 0 bridgehead atoms. The summed E-state index contributed by atoms with van der Waals surface area (Å²) in [5.74, 6) is 2.78. The summed E-state index contributed by atoms with van der Waals surface area (Å²) in [6.07, 6.45) is 5.88. The van der Waals surface area contributed by atoms with E-state index in [9.17, 15) is 0 Å². The van der Waals surface area contributed by atoms with Gasteiger partial charge >= 0.3 is 0 Å². The van der Waals surface area contributed by atoms with Crippen LogP contribution >= 0.6 is 0 Å². The fourth-order valence-electron chi connectivity index (χ4n) is 3.44. The predicted octanol–water partition coefficient (Wildman–Crippen LogP) is 2.35. The van der Waals surface area contributed by atoms with Crippen molar-refractivity contribution in [2.45, 2.75) is 39.5 Å². The lowest BCUT2D eigenvalue weighted by Gasteiger charge is -2.32. The molecule has 2 heteroatoms. The van der Waals surface area contributed by atoms with Crippen LogP contribution in [0.1, 0.15) is 39.5 Å². The summed E-state index contributed by atoms with van der Waals surface area (Å²) >= 11 is 0. The Hall–Kier alpha value is -0.0800. The molecule has 0 aromatic heterocycles. The number of hydrogen-bond acceptors (Lipinski definition) is 2. The van der Waals surface area contributed by atoms with Crippen molar-refractivity contribution >= 4 is 0 Å². The average molecular weight is 224 g/mol. The van der Waals surface area contributed by atoms with Gasteiger partial charge in [-0.2, -0.15) is 0 Å². The first-order chi connectivity index (χ1) is 7.74. The van der Waals surface area contributed by atoms with E-state index >= 15 is 0 Å². The van der Waals surface area contributed by atoms with Crippen molar-refractivity contribution in [3.05, 3.63) is 0 Å². The number of rotatable bonds is 2. The number of nitrogens with zero attached hydrogens (tertiary/aromatic N) is 1. The second-order valence-electron chi connectivity index (χ2n) is 6.21. The van der Waals surface area contributed by atoms with Gasteiger partial charge in [-0.15, -0.1) is 0 Å². The molecule has 0 aromatic carbocycles. The van der Waals surface area contributed by atoms with Crippen LogP contribution < -0.4 is 5.32 Å². The van der Waals surface area contributed by atoms with Gasteiger partial charge in [-0.3, -0.25) is 0 Å². The first kappa shape index (κ1) is 12.4. The summed E-state index contributed by atoms with van der Waals surface area (Å²) in [6, 6.07) is 0. The molecule has 0 radical (unpaired) electrons. The summed E-state index contributed by atoms with van der Waals surface area (Å²) in [7, 11) is 0. The maximum absolute atomic E-state index is 3.53. The molecule has 2 rings (SSSR count). The van der Waals surface area contributed by atoms with Crippen LogP contribution in [0.25, 0.3) is 0 Å². The zero-order chi connectivity index (χ0) is 11.4. The van der Waals surface area contributed by atoms with Crippen LogP contribution in [0.15, 0.2) is 0 Å². The van der Waals surface area contributed by atoms with Crippen LogP contribution in [-0.4, -0.2) is 37.6 Å². The maximum atomic E-state index is 3.53. The van der Waals surface area contributed by atoms with Crippen LogP contribution in [0.5, 0.6) is 0 Å². The van der Waals surface area contributed by atoms with Crippen molar-refractivity contribution in [2.75, 3.05) is 32.7 Å². The van der Waals surface area contributed by atoms with Crippen LogP contribution in [0.2, 0.25) is 0 Å². The molecular formula is C14H28N2. The van der Waals surface area contributed by atoms with Gasteiger partial charge < -0.3 is 10.2 Å². The average Bonchev–Trinajstić information content (AvgIpc) is 2.43. The third kappa shape index (κ3) is 3.74. The smallest absolute Gasteiger partial charge is 0.0107 e. The van der Waals surface area contributed by atoms with Crippen molar-refractivity contribution in [3.63, 3.8) is 0 Å². The quantitative estimate of drug-likeness (QED) is 0.774. The molecule has 2 aliphatic rings. The molecular weight excluding hydrogens is 196 g/mol. The van der Waals surface area contributed by atoms with Crippen molar-refractivity contribution in [2.24, 2.45) is 17.8 Å². The largest absolute Gasteiger partial charge is 0.315 e. The van der Waals surface area contributed by atoms with E-state index in [1.54, 1.807) is 0 Å². The van der Waals surface area contributed by atoms with Crippen molar-refractivity contribution < 1.29 is 0 Å². The second-order valence-corrected chi connectivity index (χ2v) is 6.21. The minimum absolute atomic E-state index is 0.823. The maximum Gasteiger partial charge on any atom is 0.0107 e. The van der Waals surface area contributed by atoms with E-state index in [1.165, 1.54) is 58.4 Å². The topological polar surface area (TPSA) is 15.3 Å². The molecule has 94 valence electrons. The highest BCUT2D eigenvalue weighted by atomic mass is 15.2. The van der Waals surface area contributed by atoms with E-state index in [0.29, 0.717) is 0 Å². The lowest BCUT2D eigenvalue weighted by atomic mass is 9.82. The Kier molecular flexibility index (Phi) is 4.66. The standard InChI is InChI=1S/C14H28N2/c1-12-4-3-5-14(8-12)11-16-7-6-15-9-13(2)10-16/h12-15H,3-11H2,1-2H3. The van der Waals surface area contributed by atoms with Crippen LogP contribution in [-0.2, 0) is 0 Å². The fraction of sp³-hybridized carbons (Fsp3) is 1.00. The summed E-state index contributed by atoms with van der Waals surface area (Å²) in [5.41, 5.74) is 0. The minimum atomic E-state index is 0.823. The summed E-state index contributed by atoms with van der Waals surface area (Å²) in [5, 5.41) is 3.53. The molecule has 1 saturated heterocycles. The molecule has 3 unspecified atom stereocenters. The molecule has 0 spiro atoms. The van der Waals surface area contributed by atoms with E-state index in [-0.39, 0.29) is 0 Å². The Bertz CT molecular complexity index is 205.